The van der Waals surface area contributed by atoms with Crippen LogP contribution >= 0.6 is 0 Å². The third-order valence-corrected chi connectivity index (χ3v) is 5.12. The molecule has 0 saturated heterocycles. The van der Waals surface area contributed by atoms with Gasteiger partial charge in [0.05, 0.1) is 18.8 Å². The van der Waals surface area contributed by atoms with Crippen molar-refractivity contribution in [2.75, 3.05) is 0 Å². The fourth-order valence-corrected chi connectivity index (χ4v) is 3.45. The fourth-order valence-electron chi connectivity index (χ4n) is 3.45. The zero-order valence-electron chi connectivity index (χ0n) is 17.5. The first-order chi connectivity index (χ1) is 15.1. The molecule has 0 saturated carbocycles. The lowest BCUT2D eigenvalue weighted by Crippen LogP contribution is -2.20. The van der Waals surface area contributed by atoms with Crippen LogP contribution in [-0.2, 0) is 26.1 Å². The van der Waals surface area contributed by atoms with Crippen molar-refractivity contribution in [3.8, 4) is 11.3 Å². The summed E-state index contributed by atoms with van der Waals surface area (Å²) in [7, 11) is 0. The van der Waals surface area contributed by atoms with E-state index in [1.807, 2.05) is 23.0 Å². The number of hydrogen-bond donors (Lipinski definition) is 1. The molecule has 0 radical (unpaired) electrons. The Kier molecular flexibility index (Phi) is 6.21. The number of aromatic nitrogens is 5. The molecule has 0 aliphatic heterocycles. The normalized spacial score (nSPS) is 10.9. The van der Waals surface area contributed by atoms with Gasteiger partial charge in [-0.1, -0.05) is 18.7 Å². The van der Waals surface area contributed by atoms with Crippen molar-refractivity contribution in [3.05, 3.63) is 102 Å². The number of benzene rings is 1. The van der Waals surface area contributed by atoms with Crippen molar-refractivity contribution >= 4 is 0 Å². The van der Waals surface area contributed by atoms with Gasteiger partial charge in [-0.15, -0.1) is 0 Å². The highest BCUT2D eigenvalue weighted by Crippen LogP contribution is 2.21. The van der Waals surface area contributed by atoms with Gasteiger partial charge in [-0.2, -0.15) is 5.10 Å². The molecular formula is C24H25FN6. The SMILES string of the molecule is C=C(Cn1nc(-c2ccncc2)cc1Cc1ccc(F)cc1)NCc1nccn1CC. The molecule has 1 N–H and O–H groups in total. The first kappa shape index (κ1) is 20.5. The molecule has 6 nitrogen and oxygen atoms in total. The molecule has 0 amide bonds. The van der Waals surface area contributed by atoms with Crippen molar-refractivity contribution < 1.29 is 4.39 Å². The van der Waals surface area contributed by atoms with E-state index in [9.17, 15) is 4.39 Å². The lowest BCUT2D eigenvalue weighted by Gasteiger charge is -2.13. The summed E-state index contributed by atoms with van der Waals surface area (Å²) in [5.74, 6) is 0.728. The van der Waals surface area contributed by atoms with Gasteiger partial charge in [-0.3, -0.25) is 9.67 Å². The first-order valence-electron chi connectivity index (χ1n) is 10.3. The molecule has 0 fully saturated rings. The van der Waals surface area contributed by atoms with Gasteiger partial charge >= 0.3 is 0 Å². The Bertz CT molecular complexity index is 1140. The van der Waals surface area contributed by atoms with Crippen LogP contribution in [0.5, 0.6) is 0 Å². The van der Waals surface area contributed by atoms with Crippen molar-refractivity contribution in [1.29, 1.82) is 0 Å². The van der Waals surface area contributed by atoms with Crippen LogP contribution < -0.4 is 5.32 Å². The minimum Gasteiger partial charge on any atom is -0.380 e. The number of nitrogens with one attached hydrogen (secondary N) is 1. The molecule has 0 aliphatic rings. The number of allylic oxidation sites excluding steroid dienone is 1. The van der Waals surface area contributed by atoms with Crippen molar-refractivity contribution in [2.24, 2.45) is 0 Å². The smallest absolute Gasteiger partial charge is 0.127 e. The predicted molar refractivity (Wildman–Crippen MR) is 119 cm³/mol. The van der Waals surface area contributed by atoms with E-state index in [1.54, 1.807) is 30.7 Å². The summed E-state index contributed by atoms with van der Waals surface area (Å²) in [6.07, 6.45) is 7.92. The molecule has 1 aromatic carbocycles. The van der Waals surface area contributed by atoms with Crippen LogP contribution in [0.25, 0.3) is 11.3 Å². The maximum Gasteiger partial charge on any atom is 0.127 e. The summed E-state index contributed by atoms with van der Waals surface area (Å²) in [5.41, 5.74) is 4.76. The third-order valence-electron chi connectivity index (χ3n) is 5.12. The number of halogens is 1. The highest BCUT2D eigenvalue weighted by Gasteiger charge is 2.12. The Balaban J connectivity index is 1.53. The average molecular weight is 417 g/mol. The first-order valence-corrected chi connectivity index (χ1v) is 10.3. The molecule has 0 aliphatic carbocycles. The Hall–Kier alpha value is -3.74. The molecule has 3 aromatic heterocycles. The quantitative estimate of drug-likeness (QED) is 0.444. The molecule has 4 aromatic rings. The number of hydrogen-bond acceptors (Lipinski definition) is 4. The number of pyridine rings is 1. The summed E-state index contributed by atoms with van der Waals surface area (Å²) in [6, 6.07) is 12.5. The van der Waals surface area contributed by atoms with E-state index < -0.39 is 0 Å². The minimum atomic E-state index is -0.238. The Morgan fingerprint density at radius 2 is 1.87 bits per heavy atom. The van der Waals surface area contributed by atoms with E-state index in [1.165, 1.54) is 12.1 Å². The van der Waals surface area contributed by atoms with Gasteiger partial charge in [-0.05, 0) is 42.8 Å². The van der Waals surface area contributed by atoms with Gasteiger partial charge in [0.2, 0.25) is 0 Å². The molecule has 3 heterocycles. The largest absolute Gasteiger partial charge is 0.380 e. The molecule has 158 valence electrons. The van der Waals surface area contributed by atoms with Gasteiger partial charge in [0.25, 0.3) is 0 Å². The molecule has 0 spiro atoms. The van der Waals surface area contributed by atoms with Gasteiger partial charge in [0, 0.05) is 54.7 Å². The maximum absolute atomic E-state index is 13.3. The highest BCUT2D eigenvalue weighted by atomic mass is 19.1. The van der Waals surface area contributed by atoms with E-state index in [-0.39, 0.29) is 5.82 Å². The molecular weight excluding hydrogens is 391 g/mol. The Morgan fingerprint density at radius 1 is 1.10 bits per heavy atom. The predicted octanol–water partition coefficient (Wildman–Crippen LogP) is 4.19. The van der Waals surface area contributed by atoms with E-state index in [0.29, 0.717) is 19.5 Å². The number of rotatable bonds is 9. The van der Waals surface area contributed by atoms with Crippen LogP contribution in [0.15, 0.2) is 79.5 Å². The summed E-state index contributed by atoms with van der Waals surface area (Å²) >= 11 is 0. The monoisotopic (exact) mass is 416 g/mol. The van der Waals surface area contributed by atoms with Crippen LogP contribution in [0, 0.1) is 5.82 Å². The van der Waals surface area contributed by atoms with E-state index >= 15 is 0 Å². The minimum absolute atomic E-state index is 0.238. The van der Waals surface area contributed by atoms with Crippen molar-refractivity contribution in [3.63, 3.8) is 0 Å². The summed E-state index contributed by atoms with van der Waals surface area (Å²) < 4.78 is 17.3. The number of nitrogens with zero attached hydrogens (tertiary/aromatic N) is 5. The lowest BCUT2D eigenvalue weighted by atomic mass is 10.1. The van der Waals surface area contributed by atoms with E-state index in [2.05, 4.69) is 39.4 Å². The lowest BCUT2D eigenvalue weighted by molar-refractivity contribution is 0.588. The van der Waals surface area contributed by atoms with Crippen LogP contribution in [0.3, 0.4) is 0 Å². The second kappa shape index (κ2) is 9.38. The van der Waals surface area contributed by atoms with Gasteiger partial charge in [-0.25, -0.2) is 9.37 Å². The second-order valence-corrected chi connectivity index (χ2v) is 7.30. The van der Waals surface area contributed by atoms with Crippen LogP contribution in [0.4, 0.5) is 4.39 Å². The van der Waals surface area contributed by atoms with E-state index in [4.69, 9.17) is 5.10 Å². The van der Waals surface area contributed by atoms with Crippen molar-refractivity contribution in [2.45, 2.75) is 33.0 Å². The molecule has 31 heavy (non-hydrogen) atoms. The molecule has 0 atom stereocenters. The molecule has 0 unspecified atom stereocenters. The average Bonchev–Trinajstić information content (AvgIpc) is 3.41. The maximum atomic E-state index is 13.3. The fraction of sp³-hybridized carbons (Fsp3) is 0.208. The third kappa shape index (κ3) is 5.06. The second-order valence-electron chi connectivity index (χ2n) is 7.30. The van der Waals surface area contributed by atoms with E-state index in [0.717, 1.165) is 40.6 Å². The summed E-state index contributed by atoms with van der Waals surface area (Å²) in [4.78, 5) is 8.48. The van der Waals surface area contributed by atoms with Crippen LogP contribution in [0.2, 0.25) is 0 Å². The highest BCUT2D eigenvalue weighted by molar-refractivity contribution is 5.58. The van der Waals surface area contributed by atoms with Gasteiger partial charge in [0.15, 0.2) is 0 Å². The molecule has 4 rings (SSSR count). The van der Waals surface area contributed by atoms with Crippen LogP contribution in [0.1, 0.15) is 24.0 Å². The number of imidazole rings is 1. The van der Waals surface area contributed by atoms with Gasteiger partial charge < -0.3 is 9.88 Å². The zero-order valence-corrected chi connectivity index (χ0v) is 17.5. The zero-order chi connectivity index (χ0) is 21.6. The topological polar surface area (TPSA) is 60.6 Å². The van der Waals surface area contributed by atoms with Crippen LogP contribution in [-0.4, -0.2) is 24.3 Å². The Labute approximate surface area is 181 Å². The Morgan fingerprint density at radius 3 is 2.61 bits per heavy atom. The molecule has 0 bridgehead atoms. The molecule has 7 heteroatoms. The summed E-state index contributed by atoms with van der Waals surface area (Å²) in [5, 5.41) is 8.16. The standard InChI is InChI=1S/C24H25FN6/c1-3-30-13-12-27-24(30)16-28-18(2)17-31-22(14-19-4-6-21(25)7-5-19)15-23(29-31)20-8-10-26-11-9-20/h4-13,15,28H,2-3,14,16-17H2,1H3. The number of aryl methyl sites for hydroxylation is 1. The summed E-state index contributed by atoms with van der Waals surface area (Å²) in [6.45, 7) is 8.27. The van der Waals surface area contributed by atoms with Gasteiger partial charge in [0.1, 0.15) is 11.6 Å². The van der Waals surface area contributed by atoms with Crippen molar-refractivity contribution in [1.82, 2.24) is 29.6 Å².